The summed E-state index contributed by atoms with van der Waals surface area (Å²) in [4.78, 5) is 25.7. The van der Waals surface area contributed by atoms with Gasteiger partial charge in [0.1, 0.15) is 0 Å². The van der Waals surface area contributed by atoms with Gasteiger partial charge in [0.15, 0.2) is 0 Å². The van der Waals surface area contributed by atoms with Crippen molar-refractivity contribution in [3.05, 3.63) is 35.4 Å². The number of nitrogens with zero attached hydrogens (tertiary/aromatic N) is 1. The van der Waals surface area contributed by atoms with Gasteiger partial charge in [-0.3, -0.25) is 9.59 Å². The SMILES string of the molecule is CNC(=O)c1ccc(CN(C)C(=O)C2(CN)CCC2)cc1. The van der Waals surface area contributed by atoms with E-state index in [0.29, 0.717) is 18.7 Å². The minimum absolute atomic E-state index is 0.109. The molecule has 0 unspecified atom stereocenters. The molecule has 21 heavy (non-hydrogen) atoms. The van der Waals surface area contributed by atoms with E-state index in [1.54, 1.807) is 24.1 Å². The van der Waals surface area contributed by atoms with Crippen LogP contribution in [-0.2, 0) is 11.3 Å². The zero-order valence-electron chi connectivity index (χ0n) is 12.7. The molecule has 0 spiro atoms. The van der Waals surface area contributed by atoms with Crippen LogP contribution >= 0.6 is 0 Å². The van der Waals surface area contributed by atoms with Gasteiger partial charge in [0.25, 0.3) is 5.91 Å². The Balaban J connectivity index is 2.01. The van der Waals surface area contributed by atoms with Crippen molar-refractivity contribution in [1.82, 2.24) is 10.2 Å². The van der Waals surface area contributed by atoms with Gasteiger partial charge in [-0.1, -0.05) is 18.6 Å². The van der Waals surface area contributed by atoms with E-state index in [4.69, 9.17) is 5.73 Å². The van der Waals surface area contributed by atoms with E-state index in [0.717, 1.165) is 24.8 Å². The van der Waals surface area contributed by atoms with E-state index >= 15 is 0 Å². The number of carbonyl (C=O) groups is 2. The molecular weight excluding hydrogens is 266 g/mol. The number of hydrogen-bond acceptors (Lipinski definition) is 3. The van der Waals surface area contributed by atoms with Crippen LogP contribution in [0.2, 0.25) is 0 Å². The lowest BCUT2D eigenvalue weighted by Crippen LogP contribution is -2.50. The molecule has 0 bridgehead atoms. The predicted octanol–water partition coefficient (Wildman–Crippen LogP) is 1.13. The minimum atomic E-state index is -0.337. The third kappa shape index (κ3) is 3.08. The largest absolute Gasteiger partial charge is 0.355 e. The average Bonchev–Trinajstić information content (AvgIpc) is 2.46. The molecule has 3 N–H and O–H groups in total. The first-order valence-corrected chi connectivity index (χ1v) is 7.29. The molecule has 0 aliphatic heterocycles. The highest BCUT2D eigenvalue weighted by Gasteiger charge is 2.44. The van der Waals surface area contributed by atoms with Crippen LogP contribution in [-0.4, -0.2) is 37.4 Å². The Hall–Kier alpha value is -1.88. The van der Waals surface area contributed by atoms with E-state index in [2.05, 4.69) is 5.32 Å². The highest BCUT2D eigenvalue weighted by molar-refractivity contribution is 5.93. The van der Waals surface area contributed by atoms with Gasteiger partial charge in [0.2, 0.25) is 5.91 Å². The average molecular weight is 289 g/mol. The van der Waals surface area contributed by atoms with Gasteiger partial charge in [-0.05, 0) is 30.5 Å². The van der Waals surface area contributed by atoms with E-state index < -0.39 is 0 Å². The van der Waals surface area contributed by atoms with Crippen molar-refractivity contribution in [3.8, 4) is 0 Å². The molecule has 0 radical (unpaired) electrons. The summed E-state index contributed by atoms with van der Waals surface area (Å²) >= 11 is 0. The van der Waals surface area contributed by atoms with E-state index in [-0.39, 0.29) is 17.2 Å². The Labute approximate surface area is 125 Å². The fourth-order valence-corrected chi connectivity index (χ4v) is 2.77. The van der Waals surface area contributed by atoms with Crippen LogP contribution in [0.3, 0.4) is 0 Å². The van der Waals surface area contributed by atoms with Crippen LogP contribution in [0.25, 0.3) is 0 Å². The first-order chi connectivity index (χ1) is 10.0. The van der Waals surface area contributed by atoms with Crippen molar-refractivity contribution in [3.63, 3.8) is 0 Å². The summed E-state index contributed by atoms with van der Waals surface area (Å²) in [7, 11) is 3.41. The molecule has 5 heteroatoms. The molecule has 0 aromatic heterocycles. The molecule has 0 heterocycles. The first kappa shape index (κ1) is 15.5. The number of benzene rings is 1. The summed E-state index contributed by atoms with van der Waals surface area (Å²) in [5, 5.41) is 2.59. The lowest BCUT2D eigenvalue weighted by atomic mass is 9.68. The Morgan fingerprint density at radius 2 is 1.90 bits per heavy atom. The van der Waals surface area contributed by atoms with Gasteiger partial charge >= 0.3 is 0 Å². The van der Waals surface area contributed by atoms with Gasteiger partial charge in [-0.2, -0.15) is 0 Å². The normalized spacial score (nSPS) is 16.0. The maximum Gasteiger partial charge on any atom is 0.251 e. The lowest BCUT2D eigenvalue weighted by Gasteiger charge is -2.41. The van der Waals surface area contributed by atoms with Gasteiger partial charge < -0.3 is 16.0 Å². The number of hydrogen-bond donors (Lipinski definition) is 2. The zero-order chi connectivity index (χ0) is 15.5. The summed E-state index contributed by atoms with van der Waals surface area (Å²) in [5.41, 5.74) is 7.06. The van der Waals surface area contributed by atoms with Gasteiger partial charge in [-0.25, -0.2) is 0 Å². The minimum Gasteiger partial charge on any atom is -0.355 e. The maximum atomic E-state index is 12.5. The molecule has 114 valence electrons. The van der Waals surface area contributed by atoms with Gasteiger partial charge in [-0.15, -0.1) is 0 Å². The Morgan fingerprint density at radius 3 is 2.33 bits per heavy atom. The Bertz CT molecular complexity index is 515. The third-order valence-corrected chi connectivity index (χ3v) is 4.36. The molecular formula is C16H23N3O2. The standard InChI is InChI=1S/C16H23N3O2/c1-18-14(20)13-6-4-12(5-7-13)10-19(2)15(21)16(11-17)8-3-9-16/h4-7H,3,8-11,17H2,1-2H3,(H,18,20). The predicted molar refractivity (Wildman–Crippen MR) is 81.6 cm³/mol. The second-order valence-electron chi connectivity index (χ2n) is 5.78. The molecule has 1 aliphatic rings. The van der Waals surface area contributed by atoms with Crippen LogP contribution < -0.4 is 11.1 Å². The van der Waals surface area contributed by atoms with Crippen LogP contribution in [0.15, 0.2) is 24.3 Å². The third-order valence-electron chi connectivity index (χ3n) is 4.36. The van der Waals surface area contributed by atoms with Crippen LogP contribution in [0.1, 0.15) is 35.2 Å². The summed E-state index contributed by atoms with van der Waals surface area (Å²) in [5.74, 6) is 0.0224. The number of rotatable bonds is 5. The number of nitrogens with one attached hydrogen (secondary N) is 1. The van der Waals surface area contributed by atoms with Gasteiger partial charge in [0.05, 0.1) is 5.41 Å². The van der Waals surface area contributed by atoms with Crippen molar-refractivity contribution >= 4 is 11.8 Å². The van der Waals surface area contributed by atoms with Crippen molar-refractivity contribution in [2.45, 2.75) is 25.8 Å². The van der Waals surface area contributed by atoms with Crippen LogP contribution in [0, 0.1) is 5.41 Å². The summed E-state index contributed by atoms with van der Waals surface area (Å²) in [6.07, 6.45) is 2.86. The molecule has 2 rings (SSSR count). The monoisotopic (exact) mass is 289 g/mol. The molecule has 0 saturated heterocycles. The highest BCUT2D eigenvalue weighted by atomic mass is 16.2. The molecule has 2 amide bonds. The molecule has 1 aromatic rings. The Morgan fingerprint density at radius 1 is 1.29 bits per heavy atom. The smallest absolute Gasteiger partial charge is 0.251 e. The molecule has 5 nitrogen and oxygen atoms in total. The molecule has 0 atom stereocenters. The van der Waals surface area contributed by atoms with E-state index in [1.165, 1.54) is 0 Å². The second kappa shape index (κ2) is 6.26. The fourth-order valence-electron chi connectivity index (χ4n) is 2.77. The van der Waals surface area contributed by atoms with Crippen LogP contribution in [0.4, 0.5) is 0 Å². The summed E-state index contributed by atoms with van der Waals surface area (Å²) in [6, 6.07) is 7.30. The molecule has 1 fully saturated rings. The first-order valence-electron chi connectivity index (χ1n) is 7.29. The highest BCUT2D eigenvalue weighted by Crippen LogP contribution is 2.41. The topological polar surface area (TPSA) is 75.4 Å². The van der Waals surface area contributed by atoms with Gasteiger partial charge in [0, 0.05) is 32.7 Å². The Kier molecular flexibility index (Phi) is 4.63. The molecule has 1 saturated carbocycles. The van der Waals surface area contributed by atoms with Crippen molar-refractivity contribution < 1.29 is 9.59 Å². The van der Waals surface area contributed by atoms with Crippen molar-refractivity contribution in [2.75, 3.05) is 20.6 Å². The van der Waals surface area contributed by atoms with Crippen molar-refractivity contribution in [2.24, 2.45) is 11.1 Å². The number of amides is 2. The molecule has 1 aromatic carbocycles. The lowest BCUT2D eigenvalue weighted by molar-refractivity contribution is -0.145. The quantitative estimate of drug-likeness (QED) is 0.853. The number of carbonyl (C=O) groups excluding carboxylic acids is 2. The summed E-state index contributed by atoms with van der Waals surface area (Å²) < 4.78 is 0. The summed E-state index contributed by atoms with van der Waals surface area (Å²) in [6.45, 7) is 0.959. The van der Waals surface area contributed by atoms with E-state index in [1.807, 2.05) is 19.2 Å². The second-order valence-corrected chi connectivity index (χ2v) is 5.78. The zero-order valence-corrected chi connectivity index (χ0v) is 12.7. The van der Waals surface area contributed by atoms with Crippen LogP contribution in [0.5, 0.6) is 0 Å². The number of nitrogens with two attached hydrogens (primary N) is 1. The maximum absolute atomic E-state index is 12.5. The van der Waals surface area contributed by atoms with Crippen molar-refractivity contribution in [1.29, 1.82) is 0 Å². The fraction of sp³-hybridized carbons (Fsp3) is 0.500. The molecule has 1 aliphatic carbocycles. The van der Waals surface area contributed by atoms with E-state index in [9.17, 15) is 9.59 Å².